The number of hydrogen-bond acceptors (Lipinski definition) is 5. The molecule has 3 N–H and O–H groups in total. The van der Waals surface area contributed by atoms with Crippen LogP contribution in [-0.2, 0) is 6.42 Å². The molecule has 3 atom stereocenters. The Morgan fingerprint density at radius 3 is 2.74 bits per heavy atom. The second-order valence-corrected chi connectivity index (χ2v) is 8.78. The van der Waals surface area contributed by atoms with Crippen LogP contribution in [-0.4, -0.2) is 69.2 Å². The summed E-state index contributed by atoms with van der Waals surface area (Å²) in [6.07, 6.45) is 4.71. The molecule has 0 aliphatic carbocycles. The standard InChI is InChI=1S/C23H33N7O/c1-5-8-18(11-17-12-24-20-10-7-6-9-19(17)20)25-22(31)21-26-23(28-27-21)30-13-15(2)29(4)16(3)14-30/h6-7,9-10,12,15-16,18,24H,5,8,11,13-14H2,1-4H3,(H,25,31)(H,26,27,28)/t15-,16+,18?. The molecule has 1 amide bonds. The van der Waals surface area contributed by atoms with E-state index < -0.39 is 0 Å². The van der Waals surface area contributed by atoms with Crippen LogP contribution in [0, 0.1) is 0 Å². The largest absolute Gasteiger partial charge is 0.361 e. The van der Waals surface area contributed by atoms with Crippen molar-refractivity contribution in [3.8, 4) is 0 Å². The van der Waals surface area contributed by atoms with Gasteiger partial charge < -0.3 is 15.2 Å². The number of H-pyrrole nitrogens is 2. The van der Waals surface area contributed by atoms with Crippen LogP contribution >= 0.6 is 0 Å². The van der Waals surface area contributed by atoms with Crippen LogP contribution in [0.1, 0.15) is 49.8 Å². The lowest BCUT2D eigenvalue weighted by Gasteiger charge is -2.41. The summed E-state index contributed by atoms with van der Waals surface area (Å²) in [5, 5.41) is 11.5. The van der Waals surface area contributed by atoms with Gasteiger partial charge in [0.15, 0.2) is 0 Å². The maximum absolute atomic E-state index is 12.9. The lowest BCUT2D eigenvalue weighted by Crippen LogP contribution is -2.55. The Kier molecular flexibility index (Phi) is 6.27. The number of nitrogens with one attached hydrogen (secondary N) is 3. The highest BCUT2D eigenvalue weighted by atomic mass is 16.2. The topological polar surface area (TPSA) is 92.9 Å². The maximum atomic E-state index is 12.9. The Labute approximate surface area is 183 Å². The summed E-state index contributed by atoms with van der Waals surface area (Å²) in [4.78, 5) is 25.3. The van der Waals surface area contributed by atoms with Crippen molar-refractivity contribution in [1.29, 1.82) is 0 Å². The number of fused-ring (bicyclic) bond motifs is 1. The number of amides is 1. The highest BCUT2D eigenvalue weighted by Crippen LogP contribution is 2.21. The highest BCUT2D eigenvalue weighted by molar-refractivity contribution is 5.91. The van der Waals surface area contributed by atoms with E-state index in [-0.39, 0.29) is 17.8 Å². The molecule has 1 aliphatic heterocycles. The second-order valence-electron chi connectivity index (χ2n) is 8.78. The minimum absolute atomic E-state index is 0.0361. The zero-order valence-corrected chi connectivity index (χ0v) is 18.9. The molecule has 2 aromatic heterocycles. The second kappa shape index (κ2) is 9.09. The van der Waals surface area contributed by atoms with Gasteiger partial charge in [-0.15, -0.1) is 5.10 Å². The van der Waals surface area contributed by atoms with E-state index in [1.807, 2.05) is 18.3 Å². The average Bonchev–Trinajstić information content (AvgIpc) is 3.40. The minimum atomic E-state index is -0.202. The van der Waals surface area contributed by atoms with Gasteiger partial charge in [0.1, 0.15) is 0 Å². The van der Waals surface area contributed by atoms with Crippen molar-refractivity contribution in [2.75, 3.05) is 25.0 Å². The summed E-state index contributed by atoms with van der Waals surface area (Å²) in [5.41, 5.74) is 2.34. The fraction of sp³-hybridized carbons (Fsp3) is 0.522. The number of rotatable bonds is 7. The van der Waals surface area contributed by atoms with E-state index in [0.29, 0.717) is 18.0 Å². The third-order valence-corrected chi connectivity index (χ3v) is 6.44. The Morgan fingerprint density at radius 1 is 1.26 bits per heavy atom. The molecule has 3 heterocycles. The average molecular weight is 424 g/mol. The molecule has 0 spiro atoms. The molecule has 8 nitrogen and oxygen atoms in total. The number of hydrogen-bond donors (Lipinski definition) is 3. The third-order valence-electron chi connectivity index (χ3n) is 6.44. The van der Waals surface area contributed by atoms with Gasteiger partial charge in [0.25, 0.3) is 5.91 Å². The number of benzene rings is 1. The summed E-state index contributed by atoms with van der Waals surface area (Å²) < 4.78 is 0. The molecule has 0 saturated carbocycles. The zero-order chi connectivity index (χ0) is 22.0. The predicted molar refractivity (Wildman–Crippen MR) is 123 cm³/mol. The van der Waals surface area contributed by atoms with E-state index in [4.69, 9.17) is 0 Å². The molecular formula is C23H33N7O. The normalized spacial score (nSPS) is 20.8. The van der Waals surface area contributed by atoms with E-state index in [0.717, 1.165) is 37.9 Å². The molecule has 4 rings (SSSR count). The molecule has 166 valence electrons. The zero-order valence-electron chi connectivity index (χ0n) is 18.9. The number of piperazine rings is 1. The summed E-state index contributed by atoms with van der Waals surface area (Å²) in [6, 6.07) is 9.11. The SMILES string of the molecule is CCCC(Cc1c[nH]c2ccccc12)NC(=O)c1nc(N2C[C@@H](C)N(C)[C@@H](C)C2)n[nH]1. The molecule has 3 aromatic rings. The van der Waals surface area contributed by atoms with Crippen LogP contribution in [0.2, 0.25) is 0 Å². The van der Waals surface area contributed by atoms with Gasteiger partial charge in [-0.2, -0.15) is 4.98 Å². The van der Waals surface area contributed by atoms with Crippen molar-refractivity contribution in [1.82, 2.24) is 30.4 Å². The highest BCUT2D eigenvalue weighted by Gasteiger charge is 2.29. The summed E-state index contributed by atoms with van der Waals surface area (Å²) in [6.45, 7) is 8.22. The van der Waals surface area contributed by atoms with Gasteiger partial charge in [0.2, 0.25) is 11.8 Å². The number of nitrogens with zero attached hydrogens (tertiary/aromatic N) is 4. The number of aromatic amines is 2. The molecule has 1 aliphatic rings. The van der Waals surface area contributed by atoms with Crippen molar-refractivity contribution >= 4 is 22.8 Å². The number of carbonyl (C=O) groups excluding carboxylic acids is 1. The van der Waals surface area contributed by atoms with Gasteiger partial charge in [0.05, 0.1) is 0 Å². The van der Waals surface area contributed by atoms with Crippen LogP contribution in [0.3, 0.4) is 0 Å². The Balaban J connectivity index is 1.43. The van der Waals surface area contributed by atoms with Gasteiger partial charge in [-0.05, 0) is 45.4 Å². The number of para-hydroxylation sites is 1. The molecule has 1 saturated heterocycles. The molecule has 8 heteroatoms. The van der Waals surface area contributed by atoms with Gasteiger partial charge in [-0.1, -0.05) is 31.5 Å². The Morgan fingerprint density at radius 2 is 2.00 bits per heavy atom. The van der Waals surface area contributed by atoms with E-state index in [1.54, 1.807) is 0 Å². The minimum Gasteiger partial charge on any atom is -0.361 e. The number of carbonyl (C=O) groups is 1. The smallest absolute Gasteiger partial charge is 0.288 e. The van der Waals surface area contributed by atoms with Crippen LogP contribution < -0.4 is 10.2 Å². The van der Waals surface area contributed by atoms with Gasteiger partial charge in [0, 0.05) is 48.3 Å². The quantitative estimate of drug-likeness (QED) is 0.543. The van der Waals surface area contributed by atoms with Crippen molar-refractivity contribution < 1.29 is 4.79 Å². The monoisotopic (exact) mass is 423 g/mol. The number of anilines is 1. The fourth-order valence-corrected chi connectivity index (χ4v) is 4.46. The first-order valence-electron chi connectivity index (χ1n) is 11.2. The maximum Gasteiger partial charge on any atom is 0.288 e. The molecular weight excluding hydrogens is 390 g/mol. The van der Waals surface area contributed by atoms with Crippen LogP contribution in [0.4, 0.5) is 5.95 Å². The first-order chi connectivity index (χ1) is 15.0. The molecule has 0 bridgehead atoms. The first kappa shape index (κ1) is 21.4. The van der Waals surface area contributed by atoms with E-state index in [9.17, 15) is 4.79 Å². The Bertz CT molecular complexity index is 1010. The molecule has 0 radical (unpaired) electrons. The lowest BCUT2D eigenvalue weighted by molar-refractivity contribution is 0.0924. The van der Waals surface area contributed by atoms with E-state index >= 15 is 0 Å². The molecule has 1 fully saturated rings. The Hall–Kier alpha value is -2.87. The van der Waals surface area contributed by atoms with Crippen molar-refractivity contribution in [3.05, 3.63) is 41.9 Å². The van der Waals surface area contributed by atoms with Gasteiger partial charge in [-0.25, -0.2) is 0 Å². The van der Waals surface area contributed by atoms with Crippen LogP contribution in [0.5, 0.6) is 0 Å². The van der Waals surface area contributed by atoms with Crippen molar-refractivity contribution in [2.24, 2.45) is 0 Å². The van der Waals surface area contributed by atoms with Gasteiger partial charge >= 0.3 is 0 Å². The number of aromatic nitrogens is 4. The molecule has 1 unspecified atom stereocenters. The summed E-state index contributed by atoms with van der Waals surface area (Å²) in [5.74, 6) is 0.669. The van der Waals surface area contributed by atoms with Crippen LogP contribution in [0.15, 0.2) is 30.5 Å². The van der Waals surface area contributed by atoms with E-state index in [2.05, 4.69) is 75.2 Å². The molecule has 31 heavy (non-hydrogen) atoms. The summed E-state index contributed by atoms with van der Waals surface area (Å²) >= 11 is 0. The number of likely N-dealkylation sites (N-methyl/N-ethyl adjacent to an activating group) is 1. The van der Waals surface area contributed by atoms with Crippen molar-refractivity contribution in [3.63, 3.8) is 0 Å². The summed E-state index contributed by atoms with van der Waals surface area (Å²) in [7, 11) is 2.14. The third kappa shape index (κ3) is 4.58. The lowest BCUT2D eigenvalue weighted by atomic mass is 10.0. The first-order valence-corrected chi connectivity index (χ1v) is 11.2. The van der Waals surface area contributed by atoms with Gasteiger partial charge in [-0.3, -0.25) is 14.8 Å². The van der Waals surface area contributed by atoms with Crippen LogP contribution in [0.25, 0.3) is 10.9 Å². The van der Waals surface area contributed by atoms with E-state index in [1.165, 1.54) is 10.9 Å². The fourth-order valence-electron chi connectivity index (χ4n) is 4.46. The molecule has 1 aromatic carbocycles. The van der Waals surface area contributed by atoms with Crippen molar-refractivity contribution in [2.45, 2.75) is 58.2 Å². The predicted octanol–water partition coefficient (Wildman–Crippen LogP) is 2.96.